The van der Waals surface area contributed by atoms with Crippen LogP contribution in [0.1, 0.15) is 52.8 Å². The van der Waals surface area contributed by atoms with Gasteiger partial charge in [-0.3, -0.25) is 9.59 Å². The van der Waals surface area contributed by atoms with Gasteiger partial charge in [-0.05, 0) is 43.2 Å². The van der Waals surface area contributed by atoms with E-state index in [4.69, 9.17) is 11.6 Å². The van der Waals surface area contributed by atoms with Gasteiger partial charge >= 0.3 is 0 Å². The highest BCUT2D eigenvalue weighted by Gasteiger charge is 2.19. The van der Waals surface area contributed by atoms with Crippen molar-refractivity contribution >= 4 is 29.1 Å². The summed E-state index contributed by atoms with van der Waals surface area (Å²) in [6, 6.07) is 10.5. The third-order valence-electron chi connectivity index (χ3n) is 4.53. The molecule has 0 bridgehead atoms. The lowest BCUT2D eigenvalue weighted by molar-refractivity contribution is 0.0926. The minimum Gasteiger partial charge on any atom is -0.349 e. The van der Waals surface area contributed by atoms with E-state index in [-0.39, 0.29) is 17.5 Å². The van der Waals surface area contributed by atoms with Crippen molar-refractivity contribution in [2.45, 2.75) is 38.1 Å². The molecular formula is C20H20ClFN2O2. The second-order valence-corrected chi connectivity index (χ2v) is 6.84. The van der Waals surface area contributed by atoms with Crippen LogP contribution >= 0.6 is 11.6 Å². The summed E-state index contributed by atoms with van der Waals surface area (Å²) in [5.74, 6) is -1.44. The summed E-state index contributed by atoms with van der Waals surface area (Å²) in [6.07, 6.45) is 5.35. The van der Waals surface area contributed by atoms with E-state index in [1.54, 1.807) is 18.2 Å². The number of carbonyl (C=O) groups excluding carboxylic acids is 2. The third-order valence-corrected chi connectivity index (χ3v) is 4.86. The molecule has 4 nitrogen and oxygen atoms in total. The fraction of sp³-hybridized carbons (Fsp3) is 0.300. The van der Waals surface area contributed by atoms with Crippen LogP contribution in [-0.2, 0) is 0 Å². The number of rotatable bonds is 4. The van der Waals surface area contributed by atoms with Crippen molar-refractivity contribution < 1.29 is 14.0 Å². The Bertz CT molecular complexity index is 819. The second-order valence-electron chi connectivity index (χ2n) is 6.44. The van der Waals surface area contributed by atoms with Gasteiger partial charge in [-0.25, -0.2) is 4.39 Å². The maximum absolute atomic E-state index is 13.7. The van der Waals surface area contributed by atoms with Gasteiger partial charge in [0.1, 0.15) is 5.82 Å². The topological polar surface area (TPSA) is 58.2 Å². The fourth-order valence-corrected chi connectivity index (χ4v) is 3.33. The molecule has 2 N–H and O–H groups in total. The van der Waals surface area contributed by atoms with E-state index < -0.39 is 11.7 Å². The first-order valence-corrected chi connectivity index (χ1v) is 9.08. The minimum atomic E-state index is -0.603. The first-order chi connectivity index (χ1) is 12.5. The molecular weight excluding hydrogens is 355 g/mol. The normalized spacial score (nSPS) is 14.7. The molecule has 3 rings (SSSR count). The van der Waals surface area contributed by atoms with Gasteiger partial charge in [0.05, 0.1) is 16.1 Å². The Morgan fingerprint density at radius 1 is 0.962 bits per heavy atom. The number of benzene rings is 2. The maximum Gasteiger partial charge on any atom is 0.258 e. The molecule has 0 radical (unpaired) electrons. The zero-order valence-corrected chi connectivity index (χ0v) is 15.0. The van der Waals surface area contributed by atoms with Crippen LogP contribution in [0.15, 0.2) is 42.5 Å². The Labute approximate surface area is 156 Å². The van der Waals surface area contributed by atoms with Crippen molar-refractivity contribution in [2.24, 2.45) is 0 Å². The van der Waals surface area contributed by atoms with Crippen LogP contribution < -0.4 is 10.6 Å². The van der Waals surface area contributed by atoms with Gasteiger partial charge in [0.15, 0.2) is 0 Å². The van der Waals surface area contributed by atoms with E-state index in [2.05, 4.69) is 10.6 Å². The Balaban J connectivity index is 1.73. The Kier molecular flexibility index (Phi) is 5.89. The smallest absolute Gasteiger partial charge is 0.258 e. The summed E-state index contributed by atoms with van der Waals surface area (Å²) >= 11 is 6.15. The van der Waals surface area contributed by atoms with E-state index >= 15 is 0 Å². The number of anilines is 1. The zero-order chi connectivity index (χ0) is 18.5. The van der Waals surface area contributed by atoms with Gasteiger partial charge in [-0.2, -0.15) is 0 Å². The lowest BCUT2D eigenvalue weighted by Crippen LogP contribution is -2.36. The van der Waals surface area contributed by atoms with Crippen LogP contribution in [0.2, 0.25) is 5.02 Å². The number of nitrogens with one attached hydrogen (secondary N) is 2. The average molecular weight is 375 g/mol. The van der Waals surface area contributed by atoms with E-state index in [1.807, 2.05) is 0 Å². The molecule has 6 heteroatoms. The van der Waals surface area contributed by atoms with Crippen molar-refractivity contribution in [1.82, 2.24) is 5.32 Å². The van der Waals surface area contributed by atoms with Gasteiger partial charge < -0.3 is 10.6 Å². The number of hydrogen-bond acceptors (Lipinski definition) is 2. The molecule has 0 aliphatic heterocycles. The third kappa shape index (κ3) is 4.41. The summed E-state index contributed by atoms with van der Waals surface area (Å²) in [4.78, 5) is 24.8. The summed E-state index contributed by atoms with van der Waals surface area (Å²) in [6.45, 7) is 0. The molecule has 1 aliphatic carbocycles. The number of halogens is 2. The van der Waals surface area contributed by atoms with E-state index in [9.17, 15) is 14.0 Å². The van der Waals surface area contributed by atoms with Gasteiger partial charge in [0.2, 0.25) is 0 Å². The maximum atomic E-state index is 13.7. The van der Waals surface area contributed by atoms with Crippen molar-refractivity contribution in [2.75, 3.05) is 5.32 Å². The summed E-state index contributed by atoms with van der Waals surface area (Å²) in [5, 5.41) is 5.92. The SMILES string of the molecule is O=C(Nc1ccc(Cl)c(C(=O)NC2CCCCC2)c1)c1ccccc1F. The molecule has 0 saturated heterocycles. The lowest BCUT2D eigenvalue weighted by atomic mass is 9.95. The highest BCUT2D eigenvalue weighted by atomic mass is 35.5. The molecule has 2 aromatic rings. The van der Waals surface area contributed by atoms with Crippen LogP contribution in [0, 0.1) is 5.82 Å². The molecule has 2 amide bonds. The number of carbonyl (C=O) groups is 2. The van der Waals surface area contributed by atoms with Gasteiger partial charge in [0, 0.05) is 11.7 Å². The quantitative estimate of drug-likeness (QED) is 0.808. The number of hydrogen-bond donors (Lipinski definition) is 2. The molecule has 0 aromatic heterocycles. The largest absolute Gasteiger partial charge is 0.349 e. The molecule has 0 atom stereocenters. The molecule has 2 aromatic carbocycles. The van der Waals surface area contributed by atoms with Gasteiger partial charge in [-0.1, -0.05) is 43.0 Å². The molecule has 0 heterocycles. The Morgan fingerprint density at radius 3 is 2.42 bits per heavy atom. The first kappa shape index (κ1) is 18.4. The highest BCUT2D eigenvalue weighted by molar-refractivity contribution is 6.34. The zero-order valence-electron chi connectivity index (χ0n) is 14.2. The molecule has 0 unspecified atom stereocenters. The van der Waals surface area contributed by atoms with E-state index in [1.165, 1.54) is 30.7 Å². The molecule has 26 heavy (non-hydrogen) atoms. The van der Waals surface area contributed by atoms with Gasteiger partial charge in [-0.15, -0.1) is 0 Å². The minimum absolute atomic E-state index is 0.0596. The first-order valence-electron chi connectivity index (χ1n) is 8.71. The summed E-state index contributed by atoms with van der Waals surface area (Å²) < 4.78 is 13.7. The van der Waals surface area contributed by atoms with Crippen molar-refractivity contribution in [1.29, 1.82) is 0 Å². The van der Waals surface area contributed by atoms with E-state index in [0.717, 1.165) is 25.7 Å². The van der Waals surface area contributed by atoms with Crippen molar-refractivity contribution in [3.05, 3.63) is 64.4 Å². The predicted octanol–water partition coefficient (Wildman–Crippen LogP) is 4.79. The van der Waals surface area contributed by atoms with Crippen LogP contribution in [-0.4, -0.2) is 17.9 Å². The van der Waals surface area contributed by atoms with E-state index in [0.29, 0.717) is 16.3 Å². The van der Waals surface area contributed by atoms with Crippen LogP contribution in [0.3, 0.4) is 0 Å². The van der Waals surface area contributed by atoms with Crippen LogP contribution in [0.25, 0.3) is 0 Å². The van der Waals surface area contributed by atoms with Crippen molar-refractivity contribution in [3.8, 4) is 0 Å². The molecule has 136 valence electrons. The van der Waals surface area contributed by atoms with Crippen LogP contribution in [0.4, 0.5) is 10.1 Å². The standard InChI is InChI=1S/C20H20ClFN2O2/c21-17-11-10-14(24-19(25)15-8-4-5-9-18(15)22)12-16(17)20(26)23-13-6-2-1-3-7-13/h4-5,8-13H,1-3,6-7H2,(H,23,26)(H,24,25). The van der Waals surface area contributed by atoms with Gasteiger partial charge in [0.25, 0.3) is 11.8 Å². The summed E-state index contributed by atoms with van der Waals surface area (Å²) in [5.41, 5.74) is 0.621. The summed E-state index contributed by atoms with van der Waals surface area (Å²) in [7, 11) is 0. The predicted molar refractivity (Wildman–Crippen MR) is 100 cm³/mol. The Hall–Kier alpha value is -2.40. The second kappa shape index (κ2) is 8.32. The average Bonchev–Trinajstić information content (AvgIpc) is 2.64. The number of amides is 2. The highest BCUT2D eigenvalue weighted by Crippen LogP contribution is 2.23. The molecule has 1 fully saturated rings. The van der Waals surface area contributed by atoms with Crippen LogP contribution in [0.5, 0.6) is 0 Å². The Morgan fingerprint density at radius 2 is 1.69 bits per heavy atom. The molecule has 0 spiro atoms. The lowest BCUT2D eigenvalue weighted by Gasteiger charge is -2.23. The monoisotopic (exact) mass is 374 g/mol. The molecule has 1 saturated carbocycles. The van der Waals surface area contributed by atoms with Crippen molar-refractivity contribution in [3.63, 3.8) is 0 Å². The fourth-order valence-electron chi connectivity index (χ4n) is 3.13. The molecule has 1 aliphatic rings.